The fourth-order valence-corrected chi connectivity index (χ4v) is 3.36. The van der Waals surface area contributed by atoms with Gasteiger partial charge in [-0.1, -0.05) is 40.2 Å². The molecule has 4 aromatic rings. The predicted octanol–water partition coefficient (Wildman–Crippen LogP) is 4.19. The van der Waals surface area contributed by atoms with E-state index in [1.165, 1.54) is 0 Å². The SMILES string of the molecule is O=C(NCc1cccnc1-n1ccnc1)c1ccccc1C(=O)c1ccc(Br)cc1. The third-order valence-electron chi connectivity index (χ3n) is 4.58. The van der Waals surface area contributed by atoms with Gasteiger partial charge in [0, 0.05) is 46.3 Å². The summed E-state index contributed by atoms with van der Waals surface area (Å²) in [5, 5.41) is 2.90. The first-order valence-corrected chi connectivity index (χ1v) is 10.0. The van der Waals surface area contributed by atoms with E-state index in [0.717, 1.165) is 10.0 Å². The van der Waals surface area contributed by atoms with E-state index in [1.54, 1.807) is 78.0 Å². The number of aromatic nitrogens is 3. The Morgan fingerprint density at radius 2 is 1.70 bits per heavy atom. The summed E-state index contributed by atoms with van der Waals surface area (Å²) in [6.45, 7) is 0.265. The van der Waals surface area contributed by atoms with Gasteiger partial charge in [-0.05, 0) is 36.4 Å². The van der Waals surface area contributed by atoms with Crippen molar-refractivity contribution in [2.45, 2.75) is 6.54 Å². The van der Waals surface area contributed by atoms with E-state index in [4.69, 9.17) is 0 Å². The van der Waals surface area contributed by atoms with Gasteiger partial charge < -0.3 is 5.32 Å². The molecule has 0 atom stereocenters. The molecule has 0 fully saturated rings. The highest BCUT2D eigenvalue weighted by atomic mass is 79.9. The first-order valence-electron chi connectivity index (χ1n) is 9.23. The summed E-state index contributed by atoms with van der Waals surface area (Å²) in [4.78, 5) is 34.3. The van der Waals surface area contributed by atoms with Gasteiger partial charge in [0.05, 0.1) is 5.56 Å². The molecule has 1 amide bonds. The van der Waals surface area contributed by atoms with Crippen LogP contribution in [-0.4, -0.2) is 26.2 Å². The zero-order valence-corrected chi connectivity index (χ0v) is 17.4. The van der Waals surface area contributed by atoms with Crippen molar-refractivity contribution >= 4 is 27.6 Å². The second-order valence-electron chi connectivity index (χ2n) is 6.52. The van der Waals surface area contributed by atoms with Gasteiger partial charge in [0.2, 0.25) is 0 Å². The van der Waals surface area contributed by atoms with E-state index in [0.29, 0.717) is 22.5 Å². The molecule has 2 heterocycles. The van der Waals surface area contributed by atoms with Crippen LogP contribution in [0.2, 0.25) is 0 Å². The number of imidazole rings is 1. The van der Waals surface area contributed by atoms with E-state index in [-0.39, 0.29) is 18.2 Å². The summed E-state index contributed by atoms with van der Waals surface area (Å²) in [6.07, 6.45) is 6.80. The highest BCUT2D eigenvalue weighted by molar-refractivity contribution is 9.10. The number of pyridine rings is 1. The van der Waals surface area contributed by atoms with Crippen molar-refractivity contribution in [1.29, 1.82) is 0 Å². The Hall–Kier alpha value is -3.58. The fourth-order valence-electron chi connectivity index (χ4n) is 3.09. The molecule has 0 aliphatic heterocycles. The summed E-state index contributed by atoms with van der Waals surface area (Å²) in [5.74, 6) is 0.166. The first-order chi connectivity index (χ1) is 14.6. The molecule has 2 aromatic heterocycles. The number of hydrogen-bond acceptors (Lipinski definition) is 4. The summed E-state index contributed by atoms with van der Waals surface area (Å²) < 4.78 is 2.67. The first kappa shape index (κ1) is 19.7. The third-order valence-corrected chi connectivity index (χ3v) is 5.11. The van der Waals surface area contributed by atoms with Crippen LogP contribution in [0.15, 0.2) is 90.1 Å². The molecule has 0 radical (unpaired) electrons. The van der Waals surface area contributed by atoms with E-state index in [9.17, 15) is 9.59 Å². The minimum Gasteiger partial charge on any atom is -0.348 e. The van der Waals surface area contributed by atoms with Crippen molar-refractivity contribution in [3.63, 3.8) is 0 Å². The highest BCUT2D eigenvalue weighted by Gasteiger charge is 2.18. The van der Waals surface area contributed by atoms with Gasteiger partial charge >= 0.3 is 0 Å². The topological polar surface area (TPSA) is 76.9 Å². The van der Waals surface area contributed by atoms with Crippen LogP contribution in [0, 0.1) is 0 Å². The number of amides is 1. The highest BCUT2D eigenvalue weighted by Crippen LogP contribution is 2.18. The Kier molecular flexibility index (Phi) is 5.81. The fraction of sp³-hybridized carbons (Fsp3) is 0.0435. The monoisotopic (exact) mass is 460 g/mol. The van der Waals surface area contributed by atoms with Crippen LogP contribution in [0.25, 0.3) is 5.82 Å². The normalized spacial score (nSPS) is 10.6. The number of halogens is 1. The van der Waals surface area contributed by atoms with Gasteiger partial charge in [-0.3, -0.25) is 14.2 Å². The lowest BCUT2D eigenvalue weighted by Crippen LogP contribution is -2.25. The summed E-state index contributed by atoms with van der Waals surface area (Å²) in [5.41, 5.74) is 2.05. The quantitative estimate of drug-likeness (QED) is 0.437. The van der Waals surface area contributed by atoms with Crippen molar-refractivity contribution in [2.24, 2.45) is 0 Å². The van der Waals surface area contributed by atoms with Gasteiger partial charge in [0.15, 0.2) is 5.78 Å². The van der Waals surface area contributed by atoms with E-state index in [1.807, 2.05) is 12.1 Å². The Morgan fingerprint density at radius 3 is 2.43 bits per heavy atom. The predicted molar refractivity (Wildman–Crippen MR) is 117 cm³/mol. The lowest BCUT2D eigenvalue weighted by molar-refractivity contribution is 0.0939. The third kappa shape index (κ3) is 4.21. The molecule has 2 aromatic carbocycles. The molecule has 0 aliphatic carbocycles. The van der Waals surface area contributed by atoms with E-state index in [2.05, 4.69) is 31.2 Å². The Bertz CT molecular complexity index is 1190. The van der Waals surface area contributed by atoms with Crippen LogP contribution < -0.4 is 5.32 Å². The molecule has 6 nitrogen and oxygen atoms in total. The van der Waals surface area contributed by atoms with Gasteiger partial charge in [-0.2, -0.15) is 0 Å². The summed E-state index contributed by atoms with van der Waals surface area (Å²) in [7, 11) is 0. The molecule has 148 valence electrons. The van der Waals surface area contributed by atoms with Crippen molar-refractivity contribution in [3.8, 4) is 5.82 Å². The van der Waals surface area contributed by atoms with Gasteiger partial charge in [-0.25, -0.2) is 9.97 Å². The van der Waals surface area contributed by atoms with Crippen LogP contribution in [-0.2, 0) is 6.54 Å². The molecule has 0 spiro atoms. The molecule has 4 rings (SSSR count). The molecule has 1 N–H and O–H groups in total. The molecular formula is C23H17BrN4O2. The molecule has 0 aliphatic rings. The number of nitrogens with zero attached hydrogens (tertiary/aromatic N) is 3. The van der Waals surface area contributed by atoms with Crippen LogP contribution in [0.5, 0.6) is 0 Å². The lowest BCUT2D eigenvalue weighted by atomic mass is 9.98. The van der Waals surface area contributed by atoms with Crippen molar-refractivity contribution < 1.29 is 9.59 Å². The lowest BCUT2D eigenvalue weighted by Gasteiger charge is -2.12. The second kappa shape index (κ2) is 8.84. The number of benzene rings is 2. The average Bonchev–Trinajstić information content (AvgIpc) is 3.32. The summed E-state index contributed by atoms with van der Waals surface area (Å²) >= 11 is 3.37. The van der Waals surface area contributed by atoms with Crippen LogP contribution in [0.1, 0.15) is 31.8 Å². The standard InChI is InChI=1S/C23H17BrN4O2/c24-18-9-7-16(8-10-18)21(29)19-5-1-2-6-20(19)23(30)27-14-17-4-3-11-26-22(17)28-13-12-25-15-28/h1-13,15H,14H2,(H,27,30). The minimum atomic E-state index is -0.323. The van der Waals surface area contributed by atoms with Gasteiger partial charge in [0.1, 0.15) is 12.1 Å². The smallest absolute Gasteiger partial charge is 0.252 e. The number of carbonyl (C=O) groups excluding carboxylic acids is 2. The maximum Gasteiger partial charge on any atom is 0.252 e. The average molecular weight is 461 g/mol. The Balaban J connectivity index is 1.56. The Morgan fingerprint density at radius 1 is 0.933 bits per heavy atom. The van der Waals surface area contributed by atoms with Crippen LogP contribution in [0.4, 0.5) is 0 Å². The molecular weight excluding hydrogens is 444 g/mol. The molecule has 0 saturated heterocycles. The molecule has 0 bridgehead atoms. The number of ketones is 1. The number of nitrogens with one attached hydrogen (secondary N) is 1. The zero-order chi connectivity index (χ0) is 20.9. The second-order valence-corrected chi connectivity index (χ2v) is 7.44. The largest absolute Gasteiger partial charge is 0.348 e. The van der Waals surface area contributed by atoms with Crippen molar-refractivity contribution in [2.75, 3.05) is 0 Å². The Labute approximate surface area is 181 Å². The van der Waals surface area contributed by atoms with Crippen molar-refractivity contribution in [1.82, 2.24) is 19.9 Å². The van der Waals surface area contributed by atoms with Crippen molar-refractivity contribution in [3.05, 3.63) is 112 Å². The van der Waals surface area contributed by atoms with E-state index < -0.39 is 0 Å². The minimum absolute atomic E-state index is 0.200. The summed E-state index contributed by atoms with van der Waals surface area (Å²) in [6, 6.07) is 17.6. The maximum atomic E-state index is 13.0. The number of rotatable bonds is 6. The van der Waals surface area contributed by atoms with Gasteiger partial charge in [-0.15, -0.1) is 0 Å². The van der Waals surface area contributed by atoms with Gasteiger partial charge in [0.25, 0.3) is 5.91 Å². The van der Waals surface area contributed by atoms with Crippen LogP contribution >= 0.6 is 15.9 Å². The molecule has 30 heavy (non-hydrogen) atoms. The number of carbonyl (C=O) groups is 2. The molecule has 0 saturated carbocycles. The van der Waals surface area contributed by atoms with E-state index >= 15 is 0 Å². The van der Waals surface area contributed by atoms with Crippen LogP contribution in [0.3, 0.4) is 0 Å². The molecule has 7 heteroatoms. The number of hydrogen-bond donors (Lipinski definition) is 1. The zero-order valence-electron chi connectivity index (χ0n) is 15.8. The molecule has 0 unspecified atom stereocenters. The maximum absolute atomic E-state index is 13.0.